The molecule has 0 saturated heterocycles. The molecule has 8 aromatic carbocycles. The van der Waals surface area contributed by atoms with Crippen LogP contribution in [0.4, 0.5) is 17.1 Å². The van der Waals surface area contributed by atoms with Crippen molar-refractivity contribution in [3.05, 3.63) is 199 Å². The number of fused-ring (bicyclic) bond motifs is 4. The number of nitrogens with zero attached hydrogens (tertiary/aromatic N) is 1. The molecule has 9 rings (SSSR count). The van der Waals surface area contributed by atoms with E-state index < -0.39 is 0 Å². The third kappa shape index (κ3) is 5.02. The first-order chi connectivity index (χ1) is 24.6. The first kappa shape index (κ1) is 29.9. The second kappa shape index (κ2) is 12.1. The monoisotopic (exact) mass is 639 g/mol. The summed E-state index contributed by atoms with van der Waals surface area (Å²) in [5.74, 6) is 0. The highest BCUT2D eigenvalue weighted by Gasteiger charge is 2.38. The van der Waals surface area contributed by atoms with Crippen LogP contribution < -0.4 is 4.90 Å². The molecular weight excluding hydrogens is 603 g/mol. The average Bonchev–Trinajstić information content (AvgIpc) is 3.42. The van der Waals surface area contributed by atoms with Crippen molar-refractivity contribution in [2.24, 2.45) is 0 Å². The second-order valence-corrected chi connectivity index (χ2v) is 13.8. The molecule has 0 radical (unpaired) electrons. The van der Waals surface area contributed by atoms with Gasteiger partial charge in [-0.1, -0.05) is 166 Å². The third-order valence-electron chi connectivity index (χ3n) is 10.4. The highest BCUT2D eigenvalue weighted by Crippen LogP contribution is 2.54. The molecule has 8 aromatic rings. The summed E-state index contributed by atoms with van der Waals surface area (Å²) in [7, 11) is 0. The molecule has 0 saturated carbocycles. The highest BCUT2D eigenvalue weighted by atomic mass is 15.1. The molecule has 0 fully saturated rings. The van der Waals surface area contributed by atoms with Crippen LogP contribution in [0, 0.1) is 0 Å². The van der Waals surface area contributed by atoms with E-state index in [0.29, 0.717) is 0 Å². The predicted molar refractivity (Wildman–Crippen MR) is 213 cm³/mol. The maximum Gasteiger partial charge on any atom is 0.0508 e. The van der Waals surface area contributed by atoms with E-state index in [1.54, 1.807) is 0 Å². The Labute approximate surface area is 294 Å². The molecule has 238 valence electrons. The summed E-state index contributed by atoms with van der Waals surface area (Å²) in [6.07, 6.45) is 0. The van der Waals surface area contributed by atoms with Gasteiger partial charge in [0.15, 0.2) is 0 Å². The van der Waals surface area contributed by atoms with Crippen LogP contribution >= 0.6 is 0 Å². The van der Waals surface area contributed by atoms with Gasteiger partial charge in [-0.25, -0.2) is 0 Å². The molecule has 50 heavy (non-hydrogen) atoms. The lowest BCUT2D eigenvalue weighted by Gasteiger charge is -2.32. The number of anilines is 3. The van der Waals surface area contributed by atoms with Crippen molar-refractivity contribution in [1.29, 1.82) is 0 Å². The van der Waals surface area contributed by atoms with Gasteiger partial charge in [0.2, 0.25) is 0 Å². The van der Waals surface area contributed by atoms with E-state index in [9.17, 15) is 0 Å². The number of rotatable bonds is 6. The molecule has 0 amide bonds. The summed E-state index contributed by atoms with van der Waals surface area (Å²) in [6.45, 7) is 4.74. The van der Waals surface area contributed by atoms with Crippen LogP contribution in [0.25, 0.3) is 55.3 Å². The van der Waals surface area contributed by atoms with Crippen LogP contribution in [0.5, 0.6) is 0 Å². The average molecular weight is 640 g/mol. The van der Waals surface area contributed by atoms with Crippen LogP contribution in [-0.2, 0) is 5.41 Å². The molecule has 0 heterocycles. The van der Waals surface area contributed by atoms with E-state index in [-0.39, 0.29) is 5.41 Å². The van der Waals surface area contributed by atoms with Crippen molar-refractivity contribution in [1.82, 2.24) is 0 Å². The van der Waals surface area contributed by atoms with Crippen molar-refractivity contribution in [2.75, 3.05) is 4.90 Å². The van der Waals surface area contributed by atoms with Gasteiger partial charge in [-0.3, -0.25) is 0 Å². The maximum absolute atomic E-state index is 2.46. The van der Waals surface area contributed by atoms with Gasteiger partial charge < -0.3 is 4.90 Å². The normalized spacial score (nSPS) is 12.8. The second-order valence-electron chi connectivity index (χ2n) is 13.8. The topological polar surface area (TPSA) is 3.24 Å². The fourth-order valence-electron chi connectivity index (χ4n) is 8.02. The van der Waals surface area contributed by atoms with Crippen molar-refractivity contribution >= 4 is 27.8 Å². The molecule has 1 aliphatic rings. The Morgan fingerprint density at radius 3 is 1.70 bits per heavy atom. The van der Waals surface area contributed by atoms with E-state index in [1.807, 2.05) is 0 Å². The Kier molecular flexibility index (Phi) is 7.21. The number of hydrogen-bond donors (Lipinski definition) is 0. The van der Waals surface area contributed by atoms with Crippen molar-refractivity contribution in [3.8, 4) is 44.5 Å². The summed E-state index contributed by atoms with van der Waals surface area (Å²) >= 11 is 0. The van der Waals surface area contributed by atoms with Gasteiger partial charge in [0, 0.05) is 16.8 Å². The van der Waals surface area contributed by atoms with Crippen molar-refractivity contribution < 1.29 is 0 Å². The van der Waals surface area contributed by atoms with Crippen LogP contribution in [0.1, 0.15) is 25.0 Å². The molecular formula is C49H37N. The largest absolute Gasteiger partial charge is 0.310 e. The zero-order chi connectivity index (χ0) is 33.7. The van der Waals surface area contributed by atoms with Gasteiger partial charge in [-0.2, -0.15) is 0 Å². The molecule has 1 nitrogen and oxygen atoms in total. The van der Waals surface area contributed by atoms with Gasteiger partial charge in [0.25, 0.3) is 0 Å². The molecule has 0 aliphatic heterocycles. The lowest BCUT2D eigenvalue weighted by atomic mass is 9.81. The Morgan fingerprint density at radius 1 is 0.360 bits per heavy atom. The zero-order valence-corrected chi connectivity index (χ0v) is 28.3. The molecule has 1 heteroatoms. The summed E-state index contributed by atoms with van der Waals surface area (Å²) in [6, 6.07) is 68.6. The van der Waals surface area contributed by atoms with Crippen LogP contribution in [0.3, 0.4) is 0 Å². The molecule has 0 bridgehead atoms. The first-order valence-corrected chi connectivity index (χ1v) is 17.4. The van der Waals surface area contributed by atoms with Gasteiger partial charge in [-0.15, -0.1) is 0 Å². The summed E-state index contributed by atoms with van der Waals surface area (Å²) < 4.78 is 0. The van der Waals surface area contributed by atoms with Crippen LogP contribution in [0.2, 0.25) is 0 Å². The van der Waals surface area contributed by atoms with E-state index in [4.69, 9.17) is 0 Å². The molecule has 1 aliphatic carbocycles. The van der Waals surface area contributed by atoms with Crippen molar-refractivity contribution in [2.45, 2.75) is 19.3 Å². The Morgan fingerprint density at radius 2 is 0.920 bits per heavy atom. The SMILES string of the molecule is CC1(C)c2ccccc2-c2cccc(N(c3ccc(-c4ccccc4-c4ccccc4)cc3)c3cccc(-c4ccc5ccccc5c4)c3)c21. The van der Waals surface area contributed by atoms with E-state index in [2.05, 4.69) is 207 Å². The molecule has 0 N–H and O–H groups in total. The Balaban J connectivity index is 1.21. The standard InChI is InChI=1S/C49H37N/c1-49(2)46-24-11-10-22-44(46)45-23-13-25-47(48(45)49)50(41-19-12-18-38(33-41)39-27-26-34-14-6-7-17-37(34)32-39)40-30-28-36(29-31-40)43-21-9-8-20-42(43)35-15-4-3-5-16-35/h3-33H,1-2H3. The minimum atomic E-state index is -0.161. The number of benzene rings is 8. The molecule has 0 unspecified atom stereocenters. The van der Waals surface area contributed by atoms with E-state index in [1.165, 1.54) is 72.1 Å². The van der Waals surface area contributed by atoms with Gasteiger partial charge in [-0.05, 0) is 103 Å². The minimum absolute atomic E-state index is 0.161. The zero-order valence-electron chi connectivity index (χ0n) is 28.3. The first-order valence-electron chi connectivity index (χ1n) is 17.4. The quantitative estimate of drug-likeness (QED) is 0.175. The van der Waals surface area contributed by atoms with E-state index in [0.717, 1.165) is 11.4 Å². The predicted octanol–water partition coefficient (Wildman–Crippen LogP) is 13.6. The highest BCUT2D eigenvalue weighted by molar-refractivity contribution is 5.93. The fourth-order valence-corrected chi connectivity index (χ4v) is 8.02. The molecule has 0 aromatic heterocycles. The summed E-state index contributed by atoms with van der Waals surface area (Å²) in [5, 5.41) is 2.50. The molecule has 0 spiro atoms. The maximum atomic E-state index is 2.46. The lowest BCUT2D eigenvalue weighted by Crippen LogP contribution is -2.20. The minimum Gasteiger partial charge on any atom is -0.310 e. The Bertz CT molecular complexity index is 2510. The number of hydrogen-bond acceptors (Lipinski definition) is 1. The third-order valence-corrected chi connectivity index (χ3v) is 10.4. The van der Waals surface area contributed by atoms with Gasteiger partial charge in [0.05, 0.1) is 5.69 Å². The van der Waals surface area contributed by atoms with Crippen LogP contribution in [0.15, 0.2) is 188 Å². The summed E-state index contributed by atoms with van der Waals surface area (Å²) in [5.41, 5.74) is 16.0. The van der Waals surface area contributed by atoms with Gasteiger partial charge in [0.1, 0.15) is 0 Å². The Hall–Kier alpha value is -6.18. The molecule has 0 atom stereocenters. The smallest absolute Gasteiger partial charge is 0.0508 e. The fraction of sp³-hybridized carbons (Fsp3) is 0.0612. The lowest BCUT2D eigenvalue weighted by molar-refractivity contribution is 0.661. The van der Waals surface area contributed by atoms with Crippen LogP contribution in [-0.4, -0.2) is 0 Å². The van der Waals surface area contributed by atoms with E-state index >= 15 is 0 Å². The summed E-state index contributed by atoms with van der Waals surface area (Å²) in [4.78, 5) is 2.46. The van der Waals surface area contributed by atoms with Gasteiger partial charge >= 0.3 is 0 Å². The van der Waals surface area contributed by atoms with Crippen molar-refractivity contribution in [3.63, 3.8) is 0 Å².